The highest BCUT2D eigenvalue weighted by Crippen LogP contribution is 2.47. The summed E-state index contributed by atoms with van der Waals surface area (Å²) in [6.45, 7) is 7.02. The largest absolute Gasteiger partial charge is 0.497 e. The van der Waals surface area contributed by atoms with Gasteiger partial charge in [-0.15, -0.1) is 0 Å². The van der Waals surface area contributed by atoms with Crippen molar-refractivity contribution in [3.8, 4) is 5.75 Å². The first-order valence-electron chi connectivity index (χ1n) is 11.8. The van der Waals surface area contributed by atoms with Crippen LogP contribution in [-0.2, 0) is 32.9 Å². The van der Waals surface area contributed by atoms with Gasteiger partial charge in [-0.2, -0.15) is 0 Å². The fourth-order valence-corrected chi connectivity index (χ4v) is 5.35. The molecule has 3 aliphatic rings. The SMILES string of the molecule is COc1cccc(CN2Cc3ccccc3C23COC(C(=O)NCCN2CCOCC2)C3)c1. The van der Waals surface area contributed by atoms with Crippen molar-refractivity contribution in [2.75, 3.05) is 53.1 Å². The fourth-order valence-electron chi connectivity index (χ4n) is 5.35. The Morgan fingerprint density at radius 3 is 2.88 bits per heavy atom. The molecule has 3 aliphatic heterocycles. The Kier molecular flexibility index (Phi) is 6.64. The van der Waals surface area contributed by atoms with Crippen LogP contribution in [0, 0.1) is 0 Å². The summed E-state index contributed by atoms with van der Waals surface area (Å²) in [5.41, 5.74) is 3.51. The summed E-state index contributed by atoms with van der Waals surface area (Å²) >= 11 is 0. The monoisotopic (exact) mass is 451 g/mol. The van der Waals surface area contributed by atoms with Crippen molar-refractivity contribution in [2.24, 2.45) is 0 Å². The number of ether oxygens (including phenoxy) is 3. The Bertz CT molecular complexity index is 978. The first-order valence-corrected chi connectivity index (χ1v) is 11.8. The van der Waals surface area contributed by atoms with Crippen LogP contribution in [0.1, 0.15) is 23.1 Å². The number of fused-ring (bicyclic) bond motifs is 2. The van der Waals surface area contributed by atoms with Crippen molar-refractivity contribution in [2.45, 2.75) is 31.2 Å². The van der Waals surface area contributed by atoms with Crippen molar-refractivity contribution in [1.82, 2.24) is 15.1 Å². The van der Waals surface area contributed by atoms with Crippen LogP contribution in [0.2, 0.25) is 0 Å². The van der Waals surface area contributed by atoms with Crippen LogP contribution in [0.15, 0.2) is 48.5 Å². The molecule has 3 heterocycles. The number of methoxy groups -OCH3 is 1. The third-order valence-electron chi connectivity index (χ3n) is 7.16. The van der Waals surface area contributed by atoms with Crippen molar-refractivity contribution < 1.29 is 19.0 Å². The Balaban J connectivity index is 1.27. The lowest BCUT2D eigenvalue weighted by Gasteiger charge is -2.35. The average molecular weight is 452 g/mol. The van der Waals surface area contributed by atoms with Crippen LogP contribution in [-0.4, -0.2) is 74.9 Å². The van der Waals surface area contributed by atoms with Crippen LogP contribution in [0.25, 0.3) is 0 Å². The van der Waals surface area contributed by atoms with E-state index >= 15 is 0 Å². The number of carbonyl (C=O) groups is 1. The van der Waals surface area contributed by atoms with Gasteiger partial charge in [0.05, 0.1) is 32.5 Å². The predicted molar refractivity (Wildman–Crippen MR) is 125 cm³/mol. The number of hydrogen-bond donors (Lipinski definition) is 1. The number of benzene rings is 2. The Morgan fingerprint density at radius 1 is 1.18 bits per heavy atom. The molecule has 1 N–H and O–H groups in total. The summed E-state index contributed by atoms with van der Waals surface area (Å²) in [6, 6.07) is 16.8. The van der Waals surface area contributed by atoms with Crippen molar-refractivity contribution >= 4 is 5.91 Å². The molecule has 33 heavy (non-hydrogen) atoms. The molecule has 7 heteroatoms. The normalized spacial score (nSPS) is 25.3. The molecule has 0 bridgehead atoms. The zero-order chi connectivity index (χ0) is 22.7. The van der Waals surface area contributed by atoms with E-state index in [0.29, 0.717) is 19.6 Å². The van der Waals surface area contributed by atoms with Crippen molar-refractivity contribution in [3.63, 3.8) is 0 Å². The van der Waals surface area contributed by atoms with Gasteiger partial charge >= 0.3 is 0 Å². The second-order valence-corrected chi connectivity index (χ2v) is 9.15. The number of nitrogens with zero attached hydrogens (tertiary/aromatic N) is 2. The first kappa shape index (κ1) is 22.3. The van der Waals surface area contributed by atoms with Crippen molar-refractivity contribution in [3.05, 3.63) is 65.2 Å². The van der Waals surface area contributed by atoms with E-state index in [0.717, 1.165) is 51.7 Å². The number of amides is 1. The van der Waals surface area contributed by atoms with Crippen molar-refractivity contribution in [1.29, 1.82) is 0 Å². The zero-order valence-corrected chi connectivity index (χ0v) is 19.3. The number of hydrogen-bond acceptors (Lipinski definition) is 6. The summed E-state index contributed by atoms with van der Waals surface area (Å²) in [5, 5.41) is 3.10. The third kappa shape index (κ3) is 4.64. The van der Waals surface area contributed by atoms with E-state index in [9.17, 15) is 4.79 Å². The molecule has 1 amide bonds. The number of morpholine rings is 1. The summed E-state index contributed by atoms with van der Waals surface area (Å²) in [4.78, 5) is 17.8. The van der Waals surface area contributed by atoms with E-state index in [4.69, 9.17) is 14.2 Å². The summed E-state index contributed by atoms with van der Waals surface area (Å²) in [6.07, 6.45) is 0.228. The minimum absolute atomic E-state index is 0.00848. The second-order valence-electron chi connectivity index (χ2n) is 9.15. The molecule has 2 fully saturated rings. The van der Waals surface area contributed by atoms with Gasteiger partial charge in [0.2, 0.25) is 5.91 Å². The van der Waals surface area contributed by atoms with Crippen LogP contribution in [0.5, 0.6) is 5.75 Å². The average Bonchev–Trinajstić information content (AvgIpc) is 3.43. The molecule has 176 valence electrons. The highest BCUT2D eigenvalue weighted by molar-refractivity contribution is 5.81. The lowest BCUT2D eigenvalue weighted by molar-refractivity contribution is -0.130. The highest BCUT2D eigenvalue weighted by atomic mass is 16.5. The van der Waals surface area contributed by atoms with Gasteiger partial charge in [0.25, 0.3) is 0 Å². The Hall–Kier alpha value is -2.45. The van der Waals surface area contributed by atoms with Gasteiger partial charge in [-0.1, -0.05) is 36.4 Å². The van der Waals surface area contributed by atoms with Gasteiger partial charge in [-0.25, -0.2) is 0 Å². The van der Waals surface area contributed by atoms with E-state index in [1.807, 2.05) is 12.1 Å². The lowest BCUT2D eigenvalue weighted by atomic mass is 9.86. The molecule has 2 atom stereocenters. The van der Waals surface area contributed by atoms with Gasteiger partial charge in [-0.05, 0) is 28.8 Å². The molecule has 2 aromatic rings. The molecule has 0 aliphatic carbocycles. The summed E-state index contributed by atoms with van der Waals surface area (Å²) < 4.78 is 17.0. The molecule has 7 nitrogen and oxygen atoms in total. The molecule has 2 saturated heterocycles. The molecule has 0 saturated carbocycles. The van der Waals surface area contributed by atoms with Gasteiger partial charge in [0, 0.05) is 45.7 Å². The van der Waals surface area contributed by atoms with Gasteiger partial charge in [-0.3, -0.25) is 14.6 Å². The van der Waals surface area contributed by atoms with E-state index in [-0.39, 0.29) is 11.4 Å². The molecule has 0 radical (unpaired) electrons. The Morgan fingerprint density at radius 2 is 2.03 bits per heavy atom. The standard InChI is InChI=1S/C26H33N3O4/c1-31-22-7-4-5-20(15-22)17-29-18-21-6-2-3-8-23(21)26(29)16-24(33-19-26)25(30)27-9-10-28-11-13-32-14-12-28/h2-8,15,24H,9-14,16-19H2,1H3,(H,27,30). The molecular formula is C26H33N3O4. The van der Waals surface area contributed by atoms with Gasteiger partial charge in [0.15, 0.2) is 0 Å². The van der Waals surface area contributed by atoms with E-state index in [2.05, 4.69) is 51.5 Å². The lowest BCUT2D eigenvalue weighted by Crippen LogP contribution is -2.44. The smallest absolute Gasteiger partial charge is 0.249 e. The second kappa shape index (κ2) is 9.81. The fraction of sp³-hybridized carbons (Fsp3) is 0.500. The van der Waals surface area contributed by atoms with E-state index in [1.165, 1.54) is 16.7 Å². The third-order valence-corrected chi connectivity index (χ3v) is 7.16. The van der Waals surface area contributed by atoms with Gasteiger partial charge in [0.1, 0.15) is 11.9 Å². The molecule has 2 unspecified atom stereocenters. The predicted octanol–water partition coefficient (Wildman–Crippen LogP) is 2.14. The number of carbonyl (C=O) groups excluding carboxylic acids is 1. The maximum atomic E-state index is 13.0. The van der Waals surface area contributed by atoms with Crippen LogP contribution < -0.4 is 10.1 Å². The van der Waals surface area contributed by atoms with Crippen LogP contribution in [0.4, 0.5) is 0 Å². The molecule has 5 rings (SSSR count). The van der Waals surface area contributed by atoms with Crippen LogP contribution >= 0.6 is 0 Å². The van der Waals surface area contributed by atoms with E-state index in [1.54, 1.807) is 7.11 Å². The maximum absolute atomic E-state index is 13.0. The maximum Gasteiger partial charge on any atom is 0.249 e. The topological polar surface area (TPSA) is 63.3 Å². The zero-order valence-electron chi connectivity index (χ0n) is 19.3. The van der Waals surface area contributed by atoms with Crippen LogP contribution in [0.3, 0.4) is 0 Å². The highest BCUT2D eigenvalue weighted by Gasteiger charge is 2.52. The first-order chi connectivity index (χ1) is 16.2. The molecule has 0 aromatic heterocycles. The summed E-state index contributed by atoms with van der Waals surface area (Å²) in [7, 11) is 1.69. The van der Waals surface area contributed by atoms with Gasteiger partial charge < -0.3 is 19.5 Å². The molecule has 1 spiro atoms. The quantitative estimate of drug-likeness (QED) is 0.696. The molecular weight excluding hydrogens is 418 g/mol. The summed E-state index contributed by atoms with van der Waals surface area (Å²) in [5.74, 6) is 0.851. The number of nitrogens with one attached hydrogen (secondary N) is 1. The van der Waals surface area contributed by atoms with E-state index < -0.39 is 6.10 Å². The minimum Gasteiger partial charge on any atom is -0.497 e. The Labute approximate surface area is 195 Å². The molecule has 2 aromatic carbocycles. The minimum atomic E-state index is -0.436. The number of rotatable bonds is 7.